The normalized spacial score (nSPS) is 16.1. The van der Waals surface area contributed by atoms with Crippen molar-refractivity contribution in [3.8, 4) is 23.0 Å². The van der Waals surface area contributed by atoms with Gasteiger partial charge in [0.15, 0.2) is 11.5 Å². The number of amides is 1. The SMILES string of the molecule is COc1ccc(C2=NN(C(C)=O)[C@@H](c3ccc(OC)c(O)c3)C2)c(OC)c1. The van der Waals surface area contributed by atoms with Gasteiger partial charge < -0.3 is 19.3 Å². The molecule has 0 unspecified atom stereocenters. The predicted octanol–water partition coefficient (Wildman–Crippen LogP) is 3.12. The number of benzene rings is 2. The molecular weight excluding hydrogens is 348 g/mol. The highest BCUT2D eigenvalue weighted by Crippen LogP contribution is 2.38. The molecule has 1 aliphatic heterocycles. The maximum Gasteiger partial charge on any atom is 0.240 e. The van der Waals surface area contributed by atoms with E-state index in [1.165, 1.54) is 19.0 Å². The molecule has 7 heteroatoms. The zero-order valence-corrected chi connectivity index (χ0v) is 15.7. The largest absolute Gasteiger partial charge is 0.504 e. The van der Waals surface area contributed by atoms with Crippen LogP contribution in [0.5, 0.6) is 23.0 Å². The van der Waals surface area contributed by atoms with Gasteiger partial charge in [-0.3, -0.25) is 4.79 Å². The summed E-state index contributed by atoms with van der Waals surface area (Å²) in [6.07, 6.45) is 0.494. The third-order valence-electron chi connectivity index (χ3n) is 4.54. The third-order valence-corrected chi connectivity index (χ3v) is 4.54. The molecule has 1 amide bonds. The number of hydrogen-bond donors (Lipinski definition) is 1. The fourth-order valence-electron chi connectivity index (χ4n) is 3.17. The number of carbonyl (C=O) groups excluding carboxylic acids is 1. The van der Waals surface area contributed by atoms with E-state index in [9.17, 15) is 9.90 Å². The molecule has 0 spiro atoms. The topological polar surface area (TPSA) is 80.6 Å². The number of carbonyl (C=O) groups is 1. The number of rotatable bonds is 5. The van der Waals surface area contributed by atoms with Gasteiger partial charge in [-0.25, -0.2) is 5.01 Å². The van der Waals surface area contributed by atoms with Crippen molar-refractivity contribution in [1.82, 2.24) is 5.01 Å². The molecule has 7 nitrogen and oxygen atoms in total. The Morgan fingerprint density at radius 2 is 1.81 bits per heavy atom. The first-order valence-electron chi connectivity index (χ1n) is 8.45. The second-order valence-corrected chi connectivity index (χ2v) is 6.13. The molecule has 0 radical (unpaired) electrons. The van der Waals surface area contributed by atoms with Crippen molar-refractivity contribution >= 4 is 11.6 Å². The monoisotopic (exact) mass is 370 g/mol. The van der Waals surface area contributed by atoms with Crippen LogP contribution in [0, 0.1) is 0 Å². The molecule has 0 saturated carbocycles. The van der Waals surface area contributed by atoms with Gasteiger partial charge >= 0.3 is 0 Å². The highest BCUT2D eigenvalue weighted by Gasteiger charge is 2.33. The quantitative estimate of drug-likeness (QED) is 0.875. The Morgan fingerprint density at radius 3 is 2.41 bits per heavy atom. The molecule has 0 bridgehead atoms. The summed E-state index contributed by atoms with van der Waals surface area (Å²) in [6.45, 7) is 1.47. The van der Waals surface area contributed by atoms with Gasteiger partial charge in [-0.1, -0.05) is 6.07 Å². The maximum absolute atomic E-state index is 12.1. The lowest BCUT2D eigenvalue weighted by molar-refractivity contribution is -0.130. The van der Waals surface area contributed by atoms with Crippen molar-refractivity contribution in [2.24, 2.45) is 5.10 Å². The van der Waals surface area contributed by atoms with Gasteiger partial charge in [0.25, 0.3) is 0 Å². The van der Waals surface area contributed by atoms with Crippen molar-refractivity contribution in [2.75, 3.05) is 21.3 Å². The molecule has 0 saturated heterocycles. The van der Waals surface area contributed by atoms with Gasteiger partial charge in [0.05, 0.1) is 33.1 Å². The standard InChI is InChI=1S/C20H22N2O5/c1-12(23)22-17(13-5-8-19(26-3)18(24)9-13)11-16(21-22)15-7-6-14(25-2)10-20(15)27-4/h5-10,17,24H,11H2,1-4H3/t17-/m1/s1. The van der Waals surface area contributed by atoms with E-state index in [1.807, 2.05) is 18.2 Å². The fraction of sp³-hybridized carbons (Fsp3) is 0.300. The first-order valence-corrected chi connectivity index (χ1v) is 8.45. The number of phenolic OH excluding ortho intramolecular Hbond substituents is 1. The van der Waals surface area contributed by atoms with Crippen LogP contribution in [-0.4, -0.2) is 43.1 Å². The minimum absolute atomic E-state index is 0.0222. The van der Waals surface area contributed by atoms with E-state index in [4.69, 9.17) is 14.2 Å². The average molecular weight is 370 g/mol. The number of methoxy groups -OCH3 is 3. The van der Waals surface area contributed by atoms with Gasteiger partial charge in [0.2, 0.25) is 5.91 Å². The van der Waals surface area contributed by atoms with Crippen molar-refractivity contribution in [3.63, 3.8) is 0 Å². The molecule has 27 heavy (non-hydrogen) atoms. The number of nitrogens with zero attached hydrogens (tertiary/aromatic N) is 2. The Bertz CT molecular complexity index is 894. The molecule has 0 aromatic heterocycles. The lowest BCUT2D eigenvalue weighted by atomic mass is 9.97. The predicted molar refractivity (Wildman–Crippen MR) is 101 cm³/mol. The summed E-state index contributed by atoms with van der Waals surface area (Å²) >= 11 is 0. The lowest BCUT2D eigenvalue weighted by Gasteiger charge is -2.21. The highest BCUT2D eigenvalue weighted by molar-refractivity contribution is 6.05. The zero-order valence-electron chi connectivity index (χ0n) is 15.7. The zero-order chi connectivity index (χ0) is 19.6. The summed E-state index contributed by atoms with van der Waals surface area (Å²) in [5, 5.41) is 16.0. The van der Waals surface area contributed by atoms with Crippen LogP contribution < -0.4 is 14.2 Å². The molecule has 1 aliphatic rings. The van der Waals surface area contributed by atoms with Gasteiger partial charge in [-0.05, 0) is 29.8 Å². The van der Waals surface area contributed by atoms with Crippen molar-refractivity contribution in [2.45, 2.75) is 19.4 Å². The van der Waals surface area contributed by atoms with Crippen molar-refractivity contribution in [1.29, 1.82) is 0 Å². The summed E-state index contributed by atoms with van der Waals surface area (Å²) in [6, 6.07) is 10.2. The minimum atomic E-state index is -0.318. The van der Waals surface area contributed by atoms with Crippen LogP contribution in [-0.2, 0) is 4.79 Å². The maximum atomic E-state index is 12.1. The number of hydrogen-bond acceptors (Lipinski definition) is 6. The number of phenols is 1. The second-order valence-electron chi connectivity index (χ2n) is 6.13. The lowest BCUT2D eigenvalue weighted by Crippen LogP contribution is -2.24. The molecule has 3 rings (SSSR count). The van der Waals surface area contributed by atoms with Crippen LogP contribution in [0.15, 0.2) is 41.5 Å². The number of hydrazone groups is 1. The summed E-state index contributed by atoms with van der Waals surface area (Å²) in [7, 11) is 4.66. The van der Waals surface area contributed by atoms with Crippen molar-refractivity contribution in [3.05, 3.63) is 47.5 Å². The fourth-order valence-corrected chi connectivity index (χ4v) is 3.17. The van der Waals surface area contributed by atoms with E-state index < -0.39 is 0 Å². The second kappa shape index (κ2) is 7.57. The van der Waals surface area contributed by atoms with Crippen molar-refractivity contribution < 1.29 is 24.1 Å². The first kappa shape index (κ1) is 18.6. The van der Waals surface area contributed by atoms with E-state index in [2.05, 4.69) is 5.10 Å². The summed E-state index contributed by atoms with van der Waals surface area (Å²) in [5.41, 5.74) is 2.30. The van der Waals surface area contributed by atoms with Crippen LogP contribution in [0.3, 0.4) is 0 Å². The molecule has 0 aliphatic carbocycles. The van der Waals surface area contributed by atoms with E-state index in [0.29, 0.717) is 23.7 Å². The molecule has 1 N–H and O–H groups in total. The molecule has 1 heterocycles. The first-order chi connectivity index (χ1) is 13.0. The number of ether oxygens (including phenoxy) is 3. The Kier molecular flexibility index (Phi) is 5.21. The minimum Gasteiger partial charge on any atom is -0.504 e. The Balaban J connectivity index is 1.98. The van der Waals surface area contributed by atoms with Crippen LogP contribution in [0.1, 0.15) is 30.5 Å². The molecule has 0 fully saturated rings. The molecule has 2 aromatic carbocycles. The molecular formula is C20H22N2O5. The average Bonchev–Trinajstić information content (AvgIpc) is 3.12. The van der Waals surface area contributed by atoms with E-state index in [1.54, 1.807) is 32.4 Å². The summed E-state index contributed by atoms with van der Waals surface area (Å²) in [4.78, 5) is 12.1. The van der Waals surface area contributed by atoms with Gasteiger partial charge in [0, 0.05) is 25.0 Å². The molecule has 2 aromatic rings. The van der Waals surface area contributed by atoms with Crippen LogP contribution >= 0.6 is 0 Å². The van der Waals surface area contributed by atoms with Crippen LogP contribution in [0.2, 0.25) is 0 Å². The summed E-state index contributed by atoms with van der Waals surface area (Å²) in [5.74, 6) is 1.51. The van der Waals surface area contributed by atoms with Gasteiger partial charge in [-0.2, -0.15) is 5.10 Å². The van der Waals surface area contributed by atoms with Gasteiger partial charge in [0.1, 0.15) is 11.5 Å². The molecule has 142 valence electrons. The number of aromatic hydroxyl groups is 1. The molecule has 1 atom stereocenters. The van der Waals surface area contributed by atoms with Crippen LogP contribution in [0.4, 0.5) is 0 Å². The van der Waals surface area contributed by atoms with Crippen LogP contribution in [0.25, 0.3) is 0 Å². The Hall–Kier alpha value is -3.22. The Morgan fingerprint density at radius 1 is 1.07 bits per heavy atom. The van der Waals surface area contributed by atoms with E-state index in [-0.39, 0.29) is 17.7 Å². The smallest absolute Gasteiger partial charge is 0.240 e. The summed E-state index contributed by atoms with van der Waals surface area (Å²) < 4.78 is 15.8. The van der Waals surface area contributed by atoms with E-state index in [0.717, 1.165) is 16.8 Å². The highest BCUT2D eigenvalue weighted by atomic mass is 16.5. The van der Waals surface area contributed by atoms with Gasteiger partial charge in [-0.15, -0.1) is 0 Å². The Labute approximate surface area is 157 Å². The third kappa shape index (κ3) is 3.53. The van der Waals surface area contributed by atoms with E-state index >= 15 is 0 Å².